The Morgan fingerprint density at radius 3 is 2.00 bits per heavy atom. The van der Waals surface area contributed by atoms with E-state index in [0.717, 1.165) is 17.1 Å². The fraction of sp³-hybridized carbons (Fsp3) is 0.0909. The molecular weight excluding hydrogens is 410 g/mol. The molecule has 34 heavy (non-hydrogen) atoms. The average molecular weight is 440 g/mol. The molecule has 0 heterocycles. The van der Waals surface area contributed by atoms with Crippen LogP contribution >= 0.6 is 0 Å². The first-order chi connectivity index (χ1) is 16.5. The second-order valence-corrected chi connectivity index (χ2v) is 9.18. The maximum absolute atomic E-state index is 4.09. The Balaban J connectivity index is 1.62. The predicted molar refractivity (Wildman–Crippen MR) is 146 cm³/mol. The number of fused-ring (bicyclic) bond motifs is 3. The van der Waals surface area contributed by atoms with Crippen LogP contribution in [0.1, 0.15) is 25.0 Å². The minimum atomic E-state index is -0.0543. The molecule has 1 aliphatic carbocycles. The lowest BCUT2D eigenvalue weighted by molar-refractivity contribution is 0.660. The van der Waals surface area contributed by atoms with E-state index in [1.54, 1.807) is 0 Å². The summed E-state index contributed by atoms with van der Waals surface area (Å²) >= 11 is 0. The van der Waals surface area contributed by atoms with Crippen LogP contribution in [0.5, 0.6) is 0 Å². The van der Waals surface area contributed by atoms with Crippen molar-refractivity contribution in [1.82, 2.24) is 0 Å². The molecule has 0 fully saturated rings. The van der Waals surface area contributed by atoms with Gasteiger partial charge in [0.25, 0.3) is 0 Å². The van der Waals surface area contributed by atoms with Crippen molar-refractivity contribution in [3.8, 4) is 22.3 Å². The van der Waals surface area contributed by atoms with Crippen LogP contribution in [-0.2, 0) is 5.41 Å². The predicted octanol–water partition coefficient (Wildman–Crippen LogP) is 9.05. The van der Waals surface area contributed by atoms with Gasteiger partial charge >= 0.3 is 0 Å². The van der Waals surface area contributed by atoms with Gasteiger partial charge in [-0.15, -0.1) is 0 Å². The third-order valence-electron chi connectivity index (χ3n) is 6.81. The van der Waals surface area contributed by atoms with Crippen molar-refractivity contribution in [2.24, 2.45) is 0 Å². The molecule has 0 aliphatic heterocycles. The fourth-order valence-electron chi connectivity index (χ4n) is 5.07. The van der Waals surface area contributed by atoms with Gasteiger partial charge in [0.05, 0.1) is 0 Å². The standard InChI is InChI=1S/C33H29N/c1-5-12-26(6-2)34(27-19-17-25(18-20-27)24-13-8-7-9-14-24)28-21-22-30-29-15-10-11-16-31(29)33(3,4)32(30)23-28/h5-23H,1-2H2,3-4H3/b26-12+. The Hall–Kier alpha value is -4.10. The number of nitrogens with zero attached hydrogens (tertiary/aromatic N) is 1. The van der Waals surface area contributed by atoms with Gasteiger partial charge in [0.1, 0.15) is 0 Å². The molecule has 0 amide bonds. The number of rotatable bonds is 6. The summed E-state index contributed by atoms with van der Waals surface area (Å²) in [6.07, 6.45) is 5.71. The minimum absolute atomic E-state index is 0.0543. The van der Waals surface area contributed by atoms with Gasteiger partial charge in [0, 0.05) is 22.5 Å². The van der Waals surface area contributed by atoms with Crippen LogP contribution in [0.25, 0.3) is 22.3 Å². The second-order valence-electron chi connectivity index (χ2n) is 9.18. The molecule has 1 nitrogen and oxygen atoms in total. The van der Waals surface area contributed by atoms with Crippen molar-refractivity contribution in [1.29, 1.82) is 0 Å². The summed E-state index contributed by atoms with van der Waals surface area (Å²) in [5, 5.41) is 0. The molecule has 0 aromatic heterocycles. The van der Waals surface area contributed by atoms with Gasteiger partial charge in [-0.05, 0) is 69.8 Å². The van der Waals surface area contributed by atoms with Gasteiger partial charge in [-0.25, -0.2) is 0 Å². The van der Waals surface area contributed by atoms with E-state index in [1.165, 1.54) is 33.4 Å². The Morgan fingerprint density at radius 2 is 1.29 bits per heavy atom. The van der Waals surface area contributed by atoms with Crippen molar-refractivity contribution in [2.45, 2.75) is 19.3 Å². The van der Waals surface area contributed by atoms with Crippen LogP contribution in [-0.4, -0.2) is 0 Å². The molecule has 1 aliphatic rings. The van der Waals surface area contributed by atoms with Gasteiger partial charge in [-0.1, -0.05) is 106 Å². The number of anilines is 2. The van der Waals surface area contributed by atoms with Gasteiger partial charge in [0.2, 0.25) is 0 Å². The topological polar surface area (TPSA) is 3.24 Å². The monoisotopic (exact) mass is 439 g/mol. The maximum atomic E-state index is 4.09. The molecule has 0 spiro atoms. The van der Waals surface area contributed by atoms with Crippen LogP contribution < -0.4 is 4.90 Å². The lowest BCUT2D eigenvalue weighted by Gasteiger charge is -2.28. The summed E-state index contributed by atoms with van der Waals surface area (Å²) in [6, 6.07) is 34.7. The Labute approximate surface area is 203 Å². The zero-order chi connectivity index (χ0) is 23.7. The third-order valence-corrected chi connectivity index (χ3v) is 6.81. The van der Waals surface area contributed by atoms with Crippen molar-refractivity contribution in [3.05, 3.63) is 145 Å². The first kappa shape index (κ1) is 21.7. The summed E-state index contributed by atoms with van der Waals surface area (Å²) in [7, 11) is 0. The van der Waals surface area contributed by atoms with Gasteiger partial charge in [-0.3, -0.25) is 0 Å². The number of hydrogen-bond donors (Lipinski definition) is 0. The quantitative estimate of drug-likeness (QED) is 0.271. The van der Waals surface area contributed by atoms with E-state index < -0.39 is 0 Å². The minimum Gasteiger partial charge on any atom is -0.311 e. The lowest BCUT2D eigenvalue weighted by Crippen LogP contribution is -2.18. The molecular formula is C33H29N. The van der Waals surface area contributed by atoms with Gasteiger partial charge in [-0.2, -0.15) is 0 Å². The molecule has 0 N–H and O–H groups in total. The first-order valence-electron chi connectivity index (χ1n) is 11.7. The molecule has 4 aromatic rings. The first-order valence-corrected chi connectivity index (χ1v) is 11.7. The second kappa shape index (κ2) is 8.68. The van der Waals surface area contributed by atoms with Crippen molar-refractivity contribution in [2.75, 3.05) is 4.90 Å². The summed E-state index contributed by atoms with van der Waals surface area (Å²) in [6.45, 7) is 12.6. The SMILES string of the molecule is C=C/C=C(\C=C)N(c1ccc(-c2ccccc2)cc1)c1ccc2c(c1)C(C)(C)c1ccccc1-2. The molecule has 0 radical (unpaired) electrons. The molecule has 1 heteroatoms. The van der Waals surface area contributed by atoms with Crippen molar-refractivity contribution in [3.63, 3.8) is 0 Å². The summed E-state index contributed by atoms with van der Waals surface area (Å²) < 4.78 is 0. The largest absolute Gasteiger partial charge is 0.311 e. The molecule has 0 unspecified atom stereocenters. The molecule has 4 aromatic carbocycles. The fourth-order valence-corrected chi connectivity index (χ4v) is 5.07. The van der Waals surface area contributed by atoms with Gasteiger partial charge in [0.15, 0.2) is 0 Å². The molecule has 166 valence electrons. The van der Waals surface area contributed by atoms with E-state index in [0.29, 0.717) is 0 Å². The van der Waals surface area contributed by atoms with Gasteiger partial charge < -0.3 is 4.90 Å². The highest BCUT2D eigenvalue weighted by Crippen LogP contribution is 2.50. The van der Waals surface area contributed by atoms with Crippen LogP contribution in [0.2, 0.25) is 0 Å². The van der Waals surface area contributed by atoms with Crippen LogP contribution in [0.4, 0.5) is 11.4 Å². The number of hydrogen-bond acceptors (Lipinski definition) is 1. The average Bonchev–Trinajstić information content (AvgIpc) is 3.11. The highest BCUT2D eigenvalue weighted by Gasteiger charge is 2.35. The Bertz CT molecular complexity index is 1390. The van der Waals surface area contributed by atoms with Crippen LogP contribution in [0.3, 0.4) is 0 Å². The zero-order valence-electron chi connectivity index (χ0n) is 19.8. The molecule has 5 rings (SSSR count). The highest BCUT2D eigenvalue weighted by atomic mass is 15.1. The normalized spacial score (nSPS) is 13.6. The van der Waals surface area contributed by atoms with E-state index in [9.17, 15) is 0 Å². The molecule has 0 saturated heterocycles. The smallest absolute Gasteiger partial charge is 0.0465 e. The van der Waals surface area contributed by atoms with E-state index in [-0.39, 0.29) is 5.41 Å². The van der Waals surface area contributed by atoms with Crippen LogP contribution in [0, 0.1) is 0 Å². The van der Waals surface area contributed by atoms with E-state index in [1.807, 2.05) is 24.3 Å². The summed E-state index contributed by atoms with van der Waals surface area (Å²) in [5.41, 5.74) is 10.9. The Kier molecular flexibility index (Phi) is 5.55. The molecule has 0 bridgehead atoms. The van der Waals surface area contributed by atoms with E-state index in [4.69, 9.17) is 0 Å². The molecule has 0 saturated carbocycles. The van der Waals surface area contributed by atoms with E-state index in [2.05, 4.69) is 123 Å². The maximum Gasteiger partial charge on any atom is 0.0465 e. The number of allylic oxidation sites excluding steroid dienone is 3. The number of benzene rings is 4. The molecule has 0 atom stereocenters. The Morgan fingerprint density at radius 1 is 0.676 bits per heavy atom. The lowest BCUT2D eigenvalue weighted by atomic mass is 9.82. The summed E-state index contributed by atoms with van der Waals surface area (Å²) in [4.78, 5) is 2.25. The van der Waals surface area contributed by atoms with E-state index >= 15 is 0 Å². The zero-order valence-corrected chi connectivity index (χ0v) is 19.8. The third kappa shape index (κ3) is 3.60. The summed E-state index contributed by atoms with van der Waals surface area (Å²) in [5.74, 6) is 0. The van der Waals surface area contributed by atoms with Crippen molar-refractivity contribution < 1.29 is 0 Å². The highest BCUT2D eigenvalue weighted by molar-refractivity contribution is 5.84. The van der Waals surface area contributed by atoms with Crippen molar-refractivity contribution >= 4 is 11.4 Å². The van der Waals surface area contributed by atoms with Crippen LogP contribution in [0.15, 0.2) is 134 Å².